The molecule has 30 heavy (non-hydrogen) atoms. The number of hydrogen-bond acceptors (Lipinski definition) is 2. The van der Waals surface area contributed by atoms with Crippen LogP contribution in [-0.4, -0.2) is 16.6 Å². The maximum atomic E-state index is 12.9. The van der Waals surface area contributed by atoms with Gasteiger partial charge in [-0.1, -0.05) is 60.7 Å². The number of carbonyl (C=O) groups excluding carboxylic acids is 1. The zero-order valence-corrected chi connectivity index (χ0v) is 15.6. The van der Waals surface area contributed by atoms with Gasteiger partial charge in [0.2, 0.25) is 0 Å². The maximum Gasteiger partial charge on any atom is 0.416 e. The summed E-state index contributed by atoms with van der Waals surface area (Å²) < 4.78 is 38.6. The van der Waals surface area contributed by atoms with Crippen LogP contribution < -0.4 is 5.43 Å². The molecule has 0 aliphatic heterocycles. The van der Waals surface area contributed by atoms with E-state index in [1.54, 1.807) is 30.3 Å². The van der Waals surface area contributed by atoms with Gasteiger partial charge in [0.05, 0.1) is 11.3 Å². The fourth-order valence-corrected chi connectivity index (χ4v) is 3.07. The maximum absolute atomic E-state index is 12.9. The van der Waals surface area contributed by atoms with Gasteiger partial charge in [-0.15, -0.1) is 0 Å². The first kappa shape index (κ1) is 19.4. The van der Waals surface area contributed by atoms with E-state index in [1.165, 1.54) is 12.1 Å². The first-order valence-electron chi connectivity index (χ1n) is 9.11. The second kappa shape index (κ2) is 7.87. The molecule has 2 N–H and O–H groups in total. The van der Waals surface area contributed by atoms with E-state index < -0.39 is 17.6 Å². The Balaban J connectivity index is 1.66. The summed E-state index contributed by atoms with van der Waals surface area (Å²) >= 11 is 0. The van der Waals surface area contributed by atoms with E-state index in [-0.39, 0.29) is 0 Å². The normalized spacial score (nSPS) is 12.2. The van der Waals surface area contributed by atoms with E-state index in [0.717, 1.165) is 23.0 Å². The van der Waals surface area contributed by atoms with Crippen molar-refractivity contribution < 1.29 is 18.0 Å². The SMILES string of the molecule is O=C(N/N=C(\c1ccccc1)c1ccc(C(F)(F)F)cc1)c1cc2ccccc2[nH]1. The van der Waals surface area contributed by atoms with Crippen molar-refractivity contribution in [1.82, 2.24) is 10.4 Å². The highest BCUT2D eigenvalue weighted by Gasteiger charge is 2.30. The number of carbonyl (C=O) groups is 1. The minimum Gasteiger partial charge on any atom is -0.350 e. The summed E-state index contributed by atoms with van der Waals surface area (Å²) in [5.41, 5.74) is 4.37. The van der Waals surface area contributed by atoms with Crippen molar-refractivity contribution in [3.63, 3.8) is 0 Å². The number of nitrogens with zero attached hydrogens (tertiary/aromatic N) is 1. The zero-order valence-electron chi connectivity index (χ0n) is 15.6. The van der Waals surface area contributed by atoms with E-state index in [2.05, 4.69) is 15.5 Å². The lowest BCUT2D eigenvalue weighted by molar-refractivity contribution is -0.137. The molecule has 1 amide bonds. The van der Waals surface area contributed by atoms with Crippen molar-refractivity contribution in [2.75, 3.05) is 0 Å². The highest BCUT2D eigenvalue weighted by atomic mass is 19.4. The lowest BCUT2D eigenvalue weighted by Gasteiger charge is -2.10. The predicted molar refractivity (Wildman–Crippen MR) is 109 cm³/mol. The summed E-state index contributed by atoms with van der Waals surface area (Å²) in [5.74, 6) is -0.452. The van der Waals surface area contributed by atoms with Gasteiger partial charge in [-0.2, -0.15) is 18.3 Å². The van der Waals surface area contributed by atoms with E-state index in [4.69, 9.17) is 0 Å². The number of nitrogens with one attached hydrogen (secondary N) is 2. The molecule has 1 aromatic heterocycles. The summed E-state index contributed by atoms with van der Waals surface area (Å²) in [6.45, 7) is 0. The summed E-state index contributed by atoms with van der Waals surface area (Å²) in [6.07, 6.45) is -4.42. The number of hydrogen-bond donors (Lipinski definition) is 2. The Bertz CT molecular complexity index is 1180. The van der Waals surface area contributed by atoms with Crippen molar-refractivity contribution in [1.29, 1.82) is 0 Å². The van der Waals surface area contributed by atoms with Gasteiger partial charge in [0.1, 0.15) is 5.69 Å². The van der Waals surface area contributed by atoms with Crippen LogP contribution in [0.1, 0.15) is 27.2 Å². The number of alkyl halides is 3. The van der Waals surface area contributed by atoms with Gasteiger partial charge in [-0.3, -0.25) is 4.79 Å². The quantitative estimate of drug-likeness (QED) is 0.347. The Morgan fingerprint density at radius 2 is 1.47 bits per heavy atom. The molecule has 0 aliphatic rings. The highest BCUT2D eigenvalue weighted by molar-refractivity contribution is 6.13. The molecule has 4 nitrogen and oxygen atoms in total. The van der Waals surface area contributed by atoms with Gasteiger partial charge in [0, 0.05) is 22.0 Å². The van der Waals surface area contributed by atoms with Crippen LogP contribution in [0.15, 0.2) is 90.0 Å². The van der Waals surface area contributed by atoms with Gasteiger partial charge in [-0.05, 0) is 24.3 Å². The third-order valence-electron chi connectivity index (χ3n) is 4.58. The smallest absolute Gasteiger partial charge is 0.350 e. The zero-order chi connectivity index (χ0) is 21.1. The second-order valence-corrected chi connectivity index (χ2v) is 6.61. The average Bonchev–Trinajstić information content (AvgIpc) is 3.19. The predicted octanol–water partition coefficient (Wildman–Crippen LogP) is 5.37. The Morgan fingerprint density at radius 1 is 0.833 bits per heavy atom. The summed E-state index contributed by atoms with van der Waals surface area (Å²) in [5, 5.41) is 5.11. The van der Waals surface area contributed by atoms with Crippen molar-refractivity contribution in [3.05, 3.63) is 107 Å². The van der Waals surface area contributed by atoms with E-state index in [9.17, 15) is 18.0 Å². The molecule has 3 aromatic carbocycles. The van der Waals surface area contributed by atoms with Crippen molar-refractivity contribution in [2.45, 2.75) is 6.18 Å². The number of hydrazone groups is 1. The third kappa shape index (κ3) is 4.10. The number of aromatic nitrogens is 1. The number of aromatic amines is 1. The molecule has 4 rings (SSSR count). The molecule has 0 saturated carbocycles. The third-order valence-corrected chi connectivity index (χ3v) is 4.58. The monoisotopic (exact) mass is 407 g/mol. The van der Waals surface area contributed by atoms with Crippen LogP contribution >= 0.6 is 0 Å². The molecule has 0 aliphatic carbocycles. The van der Waals surface area contributed by atoms with E-state index in [0.29, 0.717) is 22.5 Å². The molecule has 0 radical (unpaired) electrons. The Morgan fingerprint density at radius 3 is 2.13 bits per heavy atom. The van der Waals surface area contributed by atoms with Crippen molar-refractivity contribution in [2.24, 2.45) is 5.10 Å². The van der Waals surface area contributed by atoms with Crippen LogP contribution in [-0.2, 0) is 6.18 Å². The molecule has 0 atom stereocenters. The van der Waals surface area contributed by atoms with Crippen LogP contribution in [0, 0.1) is 0 Å². The molecule has 0 bridgehead atoms. The van der Waals surface area contributed by atoms with Crippen LogP contribution in [0.3, 0.4) is 0 Å². The summed E-state index contributed by atoms with van der Waals surface area (Å²) in [7, 11) is 0. The van der Waals surface area contributed by atoms with Gasteiger partial charge in [0.25, 0.3) is 5.91 Å². The van der Waals surface area contributed by atoms with Crippen molar-refractivity contribution >= 4 is 22.5 Å². The number of para-hydroxylation sites is 1. The first-order chi connectivity index (χ1) is 14.4. The van der Waals surface area contributed by atoms with Crippen LogP contribution in [0.4, 0.5) is 13.2 Å². The van der Waals surface area contributed by atoms with Crippen LogP contribution in [0.25, 0.3) is 10.9 Å². The van der Waals surface area contributed by atoms with Gasteiger partial charge >= 0.3 is 6.18 Å². The lowest BCUT2D eigenvalue weighted by Crippen LogP contribution is -2.21. The molecular formula is C23H16F3N3O. The number of fused-ring (bicyclic) bond motifs is 1. The highest BCUT2D eigenvalue weighted by Crippen LogP contribution is 2.29. The fraction of sp³-hybridized carbons (Fsp3) is 0.0435. The van der Waals surface area contributed by atoms with Crippen LogP contribution in [0.2, 0.25) is 0 Å². The molecule has 7 heteroatoms. The minimum atomic E-state index is -4.42. The molecule has 1 heterocycles. The number of benzene rings is 3. The lowest BCUT2D eigenvalue weighted by atomic mass is 10.0. The Hall–Kier alpha value is -3.87. The second-order valence-electron chi connectivity index (χ2n) is 6.61. The summed E-state index contributed by atoms with van der Waals surface area (Å²) in [6, 6.07) is 22.8. The molecule has 0 spiro atoms. The molecule has 150 valence electrons. The van der Waals surface area contributed by atoms with Crippen LogP contribution in [0.5, 0.6) is 0 Å². The van der Waals surface area contributed by atoms with Gasteiger partial charge in [0.15, 0.2) is 0 Å². The minimum absolute atomic E-state index is 0.333. The number of rotatable bonds is 4. The molecule has 0 unspecified atom stereocenters. The molecule has 0 fully saturated rings. The van der Waals surface area contributed by atoms with E-state index >= 15 is 0 Å². The fourth-order valence-electron chi connectivity index (χ4n) is 3.07. The number of H-pyrrole nitrogens is 1. The first-order valence-corrected chi connectivity index (χ1v) is 9.11. The Labute approximate surface area is 170 Å². The van der Waals surface area contributed by atoms with Gasteiger partial charge in [-0.25, -0.2) is 5.43 Å². The van der Waals surface area contributed by atoms with E-state index in [1.807, 2.05) is 30.3 Å². The number of amides is 1. The van der Waals surface area contributed by atoms with Crippen molar-refractivity contribution in [3.8, 4) is 0 Å². The summed E-state index contributed by atoms with van der Waals surface area (Å²) in [4.78, 5) is 15.6. The standard InChI is InChI=1S/C23H16F3N3O/c24-23(25,26)18-12-10-16(11-13-18)21(15-6-2-1-3-7-15)28-29-22(30)20-14-17-8-4-5-9-19(17)27-20/h1-14,27H,(H,29,30)/b28-21+. The molecular weight excluding hydrogens is 391 g/mol. The largest absolute Gasteiger partial charge is 0.416 e. The molecule has 4 aromatic rings. The average molecular weight is 407 g/mol. The number of halogens is 3. The molecule has 0 saturated heterocycles. The van der Waals surface area contributed by atoms with Gasteiger partial charge < -0.3 is 4.98 Å². The Kier molecular flexibility index (Phi) is 5.10. The topological polar surface area (TPSA) is 57.2 Å².